The molecule has 4 heteroatoms. The Bertz CT molecular complexity index is 692. The molecule has 2 aromatic rings. The highest BCUT2D eigenvalue weighted by Gasteiger charge is 2.27. The summed E-state index contributed by atoms with van der Waals surface area (Å²) in [7, 11) is 2.18. The van der Waals surface area contributed by atoms with Crippen LogP contribution in [-0.4, -0.2) is 48.2 Å². The number of aliphatic hydroxyl groups is 1. The van der Waals surface area contributed by atoms with E-state index in [0.717, 1.165) is 56.7 Å². The summed E-state index contributed by atoms with van der Waals surface area (Å²) in [5.74, 6) is 0. The number of likely N-dealkylation sites (N-methyl/N-ethyl adjacent to an activating group) is 1. The van der Waals surface area contributed by atoms with Crippen molar-refractivity contribution in [3.05, 3.63) is 35.5 Å². The number of aliphatic hydroxyl groups excluding tert-OH is 1. The highest BCUT2D eigenvalue weighted by molar-refractivity contribution is 5.94. The molecule has 1 fully saturated rings. The lowest BCUT2D eigenvalue weighted by Gasteiger charge is -2.37. The lowest BCUT2D eigenvalue weighted by atomic mass is 9.90. The number of pyridine rings is 1. The summed E-state index contributed by atoms with van der Waals surface area (Å²) < 4.78 is 0. The molecule has 0 amide bonds. The minimum atomic E-state index is -0.403. The van der Waals surface area contributed by atoms with Gasteiger partial charge in [0.1, 0.15) is 0 Å². The summed E-state index contributed by atoms with van der Waals surface area (Å²) in [5, 5.41) is 11.6. The zero-order chi connectivity index (χ0) is 15.1. The number of fused-ring (bicyclic) bond motifs is 2. The van der Waals surface area contributed by atoms with Crippen molar-refractivity contribution in [2.45, 2.75) is 25.4 Å². The number of aromatic nitrogens is 1. The van der Waals surface area contributed by atoms with Crippen molar-refractivity contribution >= 4 is 16.6 Å². The zero-order valence-electron chi connectivity index (χ0n) is 13.1. The van der Waals surface area contributed by atoms with Crippen molar-refractivity contribution in [3.63, 3.8) is 0 Å². The van der Waals surface area contributed by atoms with Crippen molar-refractivity contribution in [2.75, 3.05) is 38.1 Å². The average molecular weight is 297 g/mol. The van der Waals surface area contributed by atoms with Gasteiger partial charge in [0.2, 0.25) is 0 Å². The van der Waals surface area contributed by atoms with Gasteiger partial charge in [-0.2, -0.15) is 0 Å². The van der Waals surface area contributed by atoms with Crippen LogP contribution in [0.5, 0.6) is 0 Å². The Morgan fingerprint density at radius 1 is 1.14 bits per heavy atom. The average Bonchev–Trinajstić information content (AvgIpc) is 2.55. The van der Waals surface area contributed by atoms with E-state index in [1.54, 1.807) is 0 Å². The summed E-state index contributed by atoms with van der Waals surface area (Å²) in [5.41, 5.74) is 4.53. The number of para-hydroxylation sites is 1. The maximum absolute atomic E-state index is 10.4. The Morgan fingerprint density at radius 2 is 1.91 bits per heavy atom. The van der Waals surface area contributed by atoms with Crippen LogP contribution in [-0.2, 0) is 6.42 Å². The van der Waals surface area contributed by atoms with Crippen LogP contribution in [0, 0.1) is 0 Å². The lowest BCUT2D eigenvalue weighted by molar-refractivity contribution is 0.152. The largest absolute Gasteiger partial charge is 0.387 e. The molecule has 2 aliphatic rings. The van der Waals surface area contributed by atoms with Crippen LogP contribution in [0.2, 0.25) is 0 Å². The van der Waals surface area contributed by atoms with Gasteiger partial charge in [0.25, 0.3) is 0 Å². The molecule has 0 radical (unpaired) electrons. The molecule has 1 aliphatic carbocycles. The van der Waals surface area contributed by atoms with E-state index >= 15 is 0 Å². The summed E-state index contributed by atoms with van der Waals surface area (Å²) in [6.07, 6.45) is 2.51. The fourth-order valence-electron chi connectivity index (χ4n) is 3.77. The fraction of sp³-hybridized carbons (Fsp3) is 0.500. The van der Waals surface area contributed by atoms with Gasteiger partial charge in [0.05, 0.1) is 23.0 Å². The molecule has 4 rings (SSSR count). The van der Waals surface area contributed by atoms with Crippen LogP contribution in [0.3, 0.4) is 0 Å². The molecule has 1 aromatic carbocycles. The minimum absolute atomic E-state index is 0.403. The standard InChI is InChI=1S/C18H23N3O/c1-20-9-11-21(12-10-20)18-13-5-2-3-7-15(13)19-17-14(18)6-4-8-16(17)22/h2-3,5,7,16,22H,4,6,8-12H2,1H3. The molecule has 2 heterocycles. The van der Waals surface area contributed by atoms with E-state index in [4.69, 9.17) is 4.98 Å². The maximum Gasteiger partial charge on any atom is 0.0963 e. The van der Waals surface area contributed by atoms with E-state index in [1.807, 2.05) is 6.07 Å². The Morgan fingerprint density at radius 3 is 2.73 bits per heavy atom. The summed E-state index contributed by atoms with van der Waals surface area (Å²) in [6, 6.07) is 8.37. The van der Waals surface area contributed by atoms with Crippen LogP contribution in [0.15, 0.2) is 24.3 Å². The monoisotopic (exact) mass is 297 g/mol. The molecule has 1 aliphatic heterocycles. The molecule has 1 N–H and O–H groups in total. The van der Waals surface area contributed by atoms with Gasteiger partial charge in [0, 0.05) is 37.1 Å². The normalized spacial score (nSPS) is 22.8. The second kappa shape index (κ2) is 5.52. The van der Waals surface area contributed by atoms with Crippen LogP contribution < -0.4 is 4.90 Å². The van der Waals surface area contributed by atoms with Gasteiger partial charge < -0.3 is 14.9 Å². The smallest absolute Gasteiger partial charge is 0.0963 e. The Balaban J connectivity index is 1.90. The summed E-state index contributed by atoms with van der Waals surface area (Å²) >= 11 is 0. The van der Waals surface area contributed by atoms with E-state index in [9.17, 15) is 5.11 Å². The van der Waals surface area contributed by atoms with Crippen LogP contribution >= 0.6 is 0 Å². The van der Waals surface area contributed by atoms with Gasteiger partial charge in [-0.1, -0.05) is 18.2 Å². The number of hydrogen-bond acceptors (Lipinski definition) is 4. The first-order chi connectivity index (χ1) is 10.7. The van der Waals surface area contributed by atoms with Gasteiger partial charge >= 0.3 is 0 Å². The topological polar surface area (TPSA) is 39.6 Å². The molecule has 0 saturated carbocycles. The summed E-state index contributed by atoms with van der Waals surface area (Å²) in [6.45, 7) is 4.28. The molecule has 116 valence electrons. The van der Waals surface area contributed by atoms with E-state index in [2.05, 4.69) is 35.0 Å². The molecular weight excluding hydrogens is 274 g/mol. The van der Waals surface area contributed by atoms with E-state index in [-0.39, 0.29) is 0 Å². The number of hydrogen-bond donors (Lipinski definition) is 1. The maximum atomic E-state index is 10.4. The molecule has 1 aromatic heterocycles. The minimum Gasteiger partial charge on any atom is -0.387 e. The second-order valence-corrected chi connectivity index (χ2v) is 6.54. The van der Waals surface area contributed by atoms with E-state index in [1.165, 1.54) is 16.6 Å². The van der Waals surface area contributed by atoms with Gasteiger partial charge in [-0.15, -0.1) is 0 Å². The number of rotatable bonds is 1. The Kier molecular flexibility index (Phi) is 3.51. The highest BCUT2D eigenvalue weighted by Crippen LogP contribution is 2.39. The molecular formula is C18H23N3O. The van der Waals surface area contributed by atoms with Gasteiger partial charge in [0.15, 0.2) is 0 Å². The van der Waals surface area contributed by atoms with Crippen molar-refractivity contribution in [1.29, 1.82) is 0 Å². The molecule has 0 spiro atoms. The first-order valence-electron chi connectivity index (χ1n) is 8.27. The Hall–Kier alpha value is -1.65. The van der Waals surface area contributed by atoms with Gasteiger partial charge in [-0.3, -0.25) is 0 Å². The predicted octanol–water partition coefficient (Wildman–Crippen LogP) is 2.36. The first kappa shape index (κ1) is 14.0. The third kappa shape index (κ3) is 2.27. The SMILES string of the molecule is CN1CCN(c2c3c(nc4ccccc24)C(O)CCC3)CC1. The molecule has 4 nitrogen and oxygen atoms in total. The molecule has 0 bridgehead atoms. The predicted molar refractivity (Wildman–Crippen MR) is 89.4 cm³/mol. The molecule has 1 atom stereocenters. The summed E-state index contributed by atoms with van der Waals surface area (Å²) in [4.78, 5) is 9.66. The van der Waals surface area contributed by atoms with Crippen molar-refractivity contribution in [1.82, 2.24) is 9.88 Å². The Labute approximate surface area is 131 Å². The van der Waals surface area contributed by atoms with E-state index in [0.29, 0.717) is 0 Å². The third-order valence-electron chi connectivity index (χ3n) is 5.03. The van der Waals surface area contributed by atoms with Gasteiger partial charge in [-0.05, 0) is 32.4 Å². The molecule has 22 heavy (non-hydrogen) atoms. The van der Waals surface area contributed by atoms with Crippen LogP contribution in [0.1, 0.15) is 30.2 Å². The highest BCUT2D eigenvalue weighted by atomic mass is 16.3. The second-order valence-electron chi connectivity index (χ2n) is 6.54. The van der Waals surface area contributed by atoms with Crippen LogP contribution in [0.4, 0.5) is 5.69 Å². The number of anilines is 1. The zero-order valence-corrected chi connectivity index (χ0v) is 13.1. The number of benzene rings is 1. The third-order valence-corrected chi connectivity index (χ3v) is 5.03. The van der Waals surface area contributed by atoms with Crippen LogP contribution in [0.25, 0.3) is 10.9 Å². The fourth-order valence-corrected chi connectivity index (χ4v) is 3.77. The van der Waals surface area contributed by atoms with Crippen molar-refractivity contribution in [2.24, 2.45) is 0 Å². The van der Waals surface area contributed by atoms with Gasteiger partial charge in [-0.25, -0.2) is 4.98 Å². The van der Waals surface area contributed by atoms with Crippen molar-refractivity contribution in [3.8, 4) is 0 Å². The first-order valence-corrected chi connectivity index (χ1v) is 8.27. The number of nitrogens with zero attached hydrogens (tertiary/aromatic N) is 3. The quantitative estimate of drug-likeness (QED) is 0.877. The molecule has 1 unspecified atom stereocenters. The molecule has 1 saturated heterocycles. The number of piperazine rings is 1. The van der Waals surface area contributed by atoms with Crippen molar-refractivity contribution < 1.29 is 5.11 Å². The lowest BCUT2D eigenvalue weighted by Crippen LogP contribution is -2.45. The van der Waals surface area contributed by atoms with E-state index < -0.39 is 6.10 Å².